The molecule has 9 nitrogen and oxygen atoms in total. The fourth-order valence-corrected chi connectivity index (χ4v) is 4.43. The number of rotatable bonds is 4. The van der Waals surface area contributed by atoms with Crippen molar-refractivity contribution in [3.8, 4) is 0 Å². The minimum Gasteiger partial charge on any atom is -0.382 e. The number of hydrogen-bond acceptors (Lipinski definition) is 7. The Kier molecular flexibility index (Phi) is 4.60. The summed E-state index contributed by atoms with van der Waals surface area (Å²) in [5, 5.41) is 4.90. The number of fused-ring (bicyclic) bond motifs is 2. The summed E-state index contributed by atoms with van der Waals surface area (Å²) in [5.41, 5.74) is 6.45. The van der Waals surface area contributed by atoms with Crippen molar-refractivity contribution in [3.63, 3.8) is 0 Å². The largest absolute Gasteiger partial charge is 0.382 e. The lowest BCUT2D eigenvalue weighted by molar-refractivity contribution is -0.160. The minimum absolute atomic E-state index is 0.0146. The zero-order chi connectivity index (χ0) is 21.0. The molecule has 2 aliphatic rings. The Morgan fingerprint density at radius 3 is 2.77 bits per heavy atom. The van der Waals surface area contributed by atoms with Gasteiger partial charge >= 0.3 is 0 Å². The van der Waals surface area contributed by atoms with Crippen LogP contribution < -0.4 is 11.3 Å². The van der Waals surface area contributed by atoms with Crippen LogP contribution in [0.3, 0.4) is 0 Å². The highest BCUT2D eigenvalue weighted by Crippen LogP contribution is 2.53. The van der Waals surface area contributed by atoms with Crippen molar-refractivity contribution in [2.45, 2.75) is 37.1 Å². The van der Waals surface area contributed by atoms with Crippen LogP contribution >= 0.6 is 11.6 Å². The third-order valence-corrected chi connectivity index (χ3v) is 5.93. The lowest BCUT2D eigenvalue weighted by Gasteiger charge is -2.27. The molecule has 3 N–H and O–H groups in total. The van der Waals surface area contributed by atoms with Crippen LogP contribution in [-0.2, 0) is 18.9 Å². The molecule has 158 valence electrons. The van der Waals surface area contributed by atoms with Crippen LogP contribution in [0.4, 0.5) is 5.95 Å². The summed E-state index contributed by atoms with van der Waals surface area (Å²) in [7, 11) is 1.61. The summed E-state index contributed by atoms with van der Waals surface area (Å²) in [5.74, 6) is 0.0146. The van der Waals surface area contributed by atoms with E-state index in [2.05, 4.69) is 10.1 Å². The van der Waals surface area contributed by atoms with E-state index >= 15 is 0 Å². The van der Waals surface area contributed by atoms with E-state index < -0.39 is 24.1 Å². The summed E-state index contributed by atoms with van der Waals surface area (Å²) in [6, 6.07) is 10.8. The van der Waals surface area contributed by atoms with E-state index in [0.29, 0.717) is 22.8 Å². The molecule has 1 unspecified atom stereocenters. The van der Waals surface area contributed by atoms with Gasteiger partial charge in [-0.05, 0) is 31.2 Å². The first-order valence-electron chi connectivity index (χ1n) is 9.51. The number of nitrogens with zero attached hydrogens (tertiary/aromatic N) is 2. The van der Waals surface area contributed by atoms with E-state index in [1.54, 1.807) is 31.4 Å². The van der Waals surface area contributed by atoms with Gasteiger partial charge in [-0.3, -0.25) is 9.78 Å². The van der Waals surface area contributed by atoms with Crippen molar-refractivity contribution in [2.24, 2.45) is 0 Å². The lowest BCUT2D eigenvalue weighted by Crippen LogP contribution is -2.41. The first-order chi connectivity index (χ1) is 14.4. The van der Waals surface area contributed by atoms with Gasteiger partial charge in [-0.1, -0.05) is 23.7 Å². The molecule has 0 saturated carbocycles. The SMILES string of the molecule is COC[C@H]1O[C@@H](c2ccc3c(=O)[nH]c(N)nn23)[C@]2(C)OC(c3ccc(Cl)cc3)O[C@H]12. The summed E-state index contributed by atoms with van der Waals surface area (Å²) in [6.45, 7) is 2.26. The molecule has 2 saturated heterocycles. The topological polar surface area (TPSA) is 113 Å². The number of H-pyrrole nitrogens is 1. The summed E-state index contributed by atoms with van der Waals surface area (Å²) < 4.78 is 25.8. The van der Waals surface area contributed by atoms with Gasteiger partial charge in [0.2, 0.25) is 5.95 Å². The Labute approximate surface area is 176 Å². The molecule has 2 aliphatic heterocycles. The van der Waals surface area contributed by atoms with E-state index in [1.165, 1.54) is 4.52 Å². The number of aromatic amines is 1. The number of nitrogen functional groups attached to an aromatic ring is 1. The molecule has 0 aliphatic carbocycles. The molecule has 0 amide bonds. The zero-order valence-corrected chi connectivity index (χ0v) is 17.1. The lowest BCUT2D eigenvalue weighted by atomic mass is 9.91. The molecule has 0 radical (unpaired) electrons. The Balaban J connectivity index is 1.57. The van der Waals surface area contributed by atoms with Crippen molar-refractivity contribution in [2.75, 3.05) is 19.5 Å². The smallest absolute Gasteiger partial charge is 0.276 e. The molecule has 2 fully saturated rings. The maximum atomic E-state index is 12.2. The van der Waals surface area contributed by atoms with E-state index in [1.807, 2.05) is 19.1 Å². The maximum absolute atomic E-state index is 12.2. The molecule has 2 aromatic heterocycles. The Hall–Kier alpha value is -2.43. The van der Waals surface area contributed by atoms with Gasteiger partial charge in [-0.25, -0.2) is 4.52 Å². The summed E-state index contributed by atoms with van der Waals surface area (Å²) in [4.78, 5) is 14.7. The molecule has 0 spiro atoms. The number of benzene rings is 1. The predicted molar refractivity (Wildman–Crippen MR) is 108 cm³/mol. The van der Waals surface area contributed by atoms with E-state index in [0.717, 1.165) is 5.56 Å². The maximum Gasteiger partial charge on any atom is 0.276 e. The second-order valence-electron chi connectivity index (χ2n) is 7.65. The molecule has 3 aromatic rings. The van der Waals surface area contributed by atoms with Gasteiger partial charge in [0, 0.05) is 17.7 Å². The Morgan fingerprint density at radius 1 is 1.27 bits per heavy atom. The van der Waals surface area contributed by atoms with Gasteiger partial charge in [0.25, 0.3) is 5.56 Å². The molecule has 5 atom stereocenters. The van der Waals surface area contributed by atoms with E-state index in [-0.39, 0.29) is 17.6 Å². The number of nitrogens with one attached hydrogen (secondary N) is 1. The van der Waals surface area contributed by atoms with Crippen molar-refractivity contribution in [1.82, 2.24) is 14.6 Å². The molecule has 4 heterocycles. The third-order valence-electron chi connectivity index (χ3n) is 5.67. The van der Waals surface area contributed by atoms with Crippen LogP contribution in [-0.4, -0.2) is 46.1 Å². The molecular weight excluding hydrogens is 412 g/mol. The van der Waals surface area contributed by atoms with Gasteiger partial charge in [0.1, 0.15) is 29.4 Å². The first-order valence-corrected chi connectivity index (χ1v) is 9.89. The van der Waals surface area contributed by atoms with Gasteiger partial charge in [0.05, 0.1) is 12.3 Å². The normalized spacial score (nSPS) is 30.8. The number of aromatic nitrogens is 3. The van der Waals surface area contributed by atoms with Gasteiger partial charge < -0.3 is 24.7 Å². The monoisotopic (exact) mass is 432 g/mol. The molecule has 1 aromatic carbocycles. The van der Waals surface area contributed by atoms with Crippen LogP contribution in [0.1, 0.15) is 30.6 Å². The Morgan fingerprint density at radius 2 is 2.03 bits per heavy atom. The molecule has 0 bridgehead atoms. The highest BCUT2D eigenvalue weighted by atomic mass is 35.5. The first kappa shape index (κ1) is 19.5. The van der Waals surface area contributed by atoms with Gasteiger partial charge in [-0.15, -0.1) is 5.10 Å². The third kappa shape index (κ3) is 2.93. The quantitative estimate of drug-likeness (QED) is 0.649. The fraction of sp³-hybridized carbons (Fsp3) is 0.400. The fourth-order valence-electron chi connectivity index (χ4n) is 4.30. The molecule has 5 rings (SSSR count). The summed E-state index contributed by atoms with van der Waals surface area (Å²) >= 11 is 6.01. The van der Waals surface area contributed by atoms with E-state index in [9.17, 15) is 4.79 Å². The van der Waals surface area contributed by atoms with Crippen molar-refractivity contribution >= 4 is 23.1 Å². The van der Waals surface area contributed by atoms with Crippen molar-refractivity contribution in [1.29, 1.82) is 0 Å². The zero-order valence-electron chi connectivity index (χ0n) is 16.4. The second kappa shape index (κ2) is 7.07. The van der Waals surface area contributed by atoms with E-state index in [4.69, 9.17) is 36.3 Å². The van der Waals surface area contributed by atoms with Crippen LogP contribution in [0.5, 0.6) is 0 Å². The number of halogens is 1. The van der Waals surface area contributed by atoms with Crippen molar-refractivity contribution < 1.29 is 18.9 Å². The molecule has 30 heavy (non-hydrogen) atoms. The number of ether oxygens (including phenoxy) is 4. The average molecular weight is 433 g/mol. The summed E-state index contributed by atoms with van der Waals surface area (Å²) in [6.07, 6.45) is -1.91. The predicted octanol–water partition coefficient (Wildman–Crippen LogP) is 2.22. The second-order valence-corrected chi connectivity index (χ2v) is 8.08. The van der Waals surface area contributed by atoms with Gasteiger partial charge in [0.15, 0.2) is 6.29 Å². The van der Waals surface area contributed by atoms with Crippen LogP contribution in [0.25, 0.3) is 5.52 Å². The minimum atomic E-state index is -0.846. The Bertz CT molecular complexity index is 1150. The number of anilines is 1. The number of hydrogen-bond donors (Lipinski definition) is 2. The van der Waals surface area contributed by atoms with Crippen LogP contribution in [0.2, 0.25) is 5.02 Å². The highest BCUT2D eigenvalue weighted by Gasteiger charge is 2.62. The molecule has 10 heteroatoms. The van der Waals surface area contributed by atoms with Gasteiger partial charge in [-0.2, -0.15) is 0 Å². The standard InChI is InChI=1S/C20H21ClN4O5/c1-20-15(12-7-8-13-17(26)23-19(22)24-25(12)13)28-14(9-27-2)16(20)29-18(30-20)10-3-5-11(21)6-4-10/h3-8,14-16,18H,9H2,1-2H3,(H3,22,23,24,26)/t14-,15+,16-,18?,20+/m1/s1. The highest BCUT2D eigenvalue weighted by molar-refractivity contribution is 6.30. The number of nitrogens with two attached hydrogens (primary N) is 1. The van der Waals surface area contributed by atoms with Crippen molar-refractivity contribution in [3.05, 3.63) is 63.0 Å². The van der Waals surface area contributed by atoms with Crippen LogP contribution in [0.15, 0.2) is 41.2 Å². The molecular formula is C20H21ClN4O5. The number of methoxy groups -OCH3 is 1. The van der Waals surface area contributed by atoms with Crippen LogP contribution in [0, 0.1) is 0 Å². The average Bonchev–Trinajstić information content (AvgIpc) is 3.34.